The van der Waals surface area contributed by atoms with Gasteiger partial charge in [-0.3, -0.25) is 4.98 Å². The van der Waals surface area contributed by atoms with Gasteiger partial charge in [-0.2, -0.15) is 0 Å². The molecule has 0 saturated heterocycles. The van der Waals surface area contributed by atoms with Gasteiger partial charge in [0.1, 0.15) is 17.2 Å². The normalized spacial score (nSPS) is 10.5. The molecule has 0 spiro atoms. The van der Waals surface area contributed by atoms with Crippen molar-refractivity contribution in [1.82, 2.24) is 15.0 Å². The Balaban J connectivity index is 2.39. The first-order valence-electron chi connectivity index (χ1n) is 6.33. The van der Waals surface area contributed by atoms with Crippen LogP contribution in [-0.4, -0.2) is 21.6 Å². The first-order valence-corrected chi connectivity index (χ1v) is 6.71. The van der Waals surface area contributed by atoms with Gasteiger partial charge in [0.2, 0.25) is 0 Å². The smallest absolute Gasteiger partial charge is 0.138 e. The largest absolute Gasteiger partial charge is 0.492 e. The molecule has 0 saturated carbocycles. The number of ether oxygens (including phenoxy) is 1. The van der Waals surface area contributed by atoms with Crippen LogP contribution in [0.25, 0.3) is 11.3 Å². The van der Waals surface area contributed by atoms with Crippen LogP contribution in [0.4, 0.5) is 0 Å². The number of pyridine rings is 1. The third-order valence-electron chi connectivity index (χ3n) is 2.71. The average molecular weight is 278 g/mol. The number of rotatable bonds is 5. The summed E-state index contributed by atoms with van der Waals surface area (Å²) >= 11 is 6.10. The van der Waals surface area contributed by atoms with Crippen molar-refractivity contribution >= 4 is 11.6 Å². The minimum absolute atomic E-state index is 0.493. The Morgan fingerprint density at radius 1 is 1.21 bits per heavy atom. The van der Waals surface area contributed by atoms with Crippen molar-refractivity contribution in [3.05, 3.63) is 35.5 Å². The van der Waals surface area contributed by atoms with Crippen LogP contribution in [0.15, 0.2) is 24.8 Å². The first-order chi connectivity index (χ1) is 9.26. The quantitative estimate of drug-likeness (QED) is 0.784. The van der Waals surface area contributed by atoms with Gasteiger partial charge in [0.05, 0.1) is 18.5 Å². The lowest BCUT2D eigenvalue weighted by Gasteiger charge is -2.09. The maximum Gasteiger partial charge on any atom is 0.138 e. The van der Waals surface area contributed by atoms with E-state index >= 15 is 0 Å². The molecule has 100 valence electrons. The standard InChI is InChI=1S/C14H16ClN3O/c1-3-5-19-11-6-10(7-16-8-11)13-12(4-2)14(15)18-9-17-13/h6-9H,3-5H2,1-2H3. The van der Waals surface area contributed by atoms with Crippen LogP contribution in [0.2, 0.25) is 5.15 Å². The summed E-state index contributed by atoms with van der Waals surface area (Å²) in [6.45, 7) is 4.77. The van der Waals surface area contributed by atoms with Crippen molar-refractivity contribution in [3.63, 3.8) is 0 Å². The molecule has 19 heavy (non-hydrogen) atoms. The third-order valence-corrected chi connectivity index (χ3v) is 3.03. The molecule has 5 heteroatoms. The zero-order valence-electron chi connectivity index (χ0n) is 11.1. The van der Waals surface area contributed by atoms with E-state index in [0.29, 0.717) is 11.8 Å². The van der Waals surface area contributed by atoms with Gasteiger partial charge < -0.3 is 4.74 Å². The molecule has 0 aliphatic heterocycles. The molecular formula is C14H16ClN3O. The summed E-state index contributed by atoms with van der Waals surface area (Å²) < 4.78 is 5.58. The van der Waals surface area contributed by atoms with Crippen molar-refractivity contribution in [2.24, 2.45) is 0 Å². The van der Waals surface area contributed by atoms with Gasteiger partial charge in [-0.25, -0.2) is 9.97 Å². The number of hydrogen-bond acceptors (Lipinski definition) is 4. The maximum absolute atomic E-state index is 6.10. The average Bonchev–Trinajstić information content (AvgIpc) is 2.45. The minimum Gasteiger partial charge on any atom is -0.492 e. The molecule has 2 aromatic heterocycles. The fraction of sp³-hybridized carbons (Fsp3) is 0.357. The monoisotopic (exact) mass is 277 g/mol. The van der Waals surface area contributed by atoms with Crippen molar-refractivity contribution in [3.8, 4) is 17.0 Å². The lowest BCUT2D eigenvalue weighted by Crippen LogP contribution is -1.98. The number of halogens is 1. The van der Waals surface area contributed by atoms with Gasteiger partial charge in [0.25, 0.3) is 0 Å². The predicted octanol–water partition coefficient (Wildman–Crippen LogP) is 3.54. The second kappa shape index (κ2) is 6.48. The molecule has 0 N–H and O–H groups in total. The highest BCUT2D eigenvalue weighted by molar-refractivity contribution is 6.30. The molecule has 4 nitrogen and oxygen atoms in total. The number of hydrogen-bond donors (Lipinski definition) is 0. The van der Waals surface area contributed by atoms with E-state index < -0.39 is 0 Å². The van der Waals surface area contributed by atoms with Crippen molar-refractivity contribution in [1.29, 1.82) is 0 Å². The van der Waals surface area contributed by atoms with E-state index in [1.54, 1.807) is 12.4 Å². The van der Waals surface area contributed by atoms with E-state index in [2.05, 4.69) is 21.9 Å². The molecule has 0 unspecified atom stereocenters. The number of aromatic nitrogens is 3. The molecule has 0 fully saturated rings. The van der Waals surface area contributed by atoms with Crippen LogP contribution in [0, 0.1) is 0 Å². The van der Waals surface area contributed by atoms with Gasteiger partial charge in [-0.1, -0.05) is 25.4 Å². The SMILES string of the molecule is CCCOc1cncc(-c2ncnc(Cl)c2CC)c1. The van der Waals surface area contributed by atoms with Crippen LogP contribution in [0.5, 0.6) is 5.75 Å². The lowest BCUT2D eigenvalue weighted by molar-refractivity contribution is 0.316. The van der Waals surface area contributed by atoms with E-state index in [9.17, 15) is 0 Å². The summed E-state index contributed by atoms with van der Waals surface area (Å²) in [5.74, 6) is 0.746. The molecule has 2 heterocycles. The highest BCUT2D eigenvalue weighted by atomic mass is 35.5. The van der Waals surface area contributed by atoms with E-state index in [-0.39, 0.29) is 0 Å². The van der Waals surface area contributed by atoms with Gasteiger partial charge in [-0.15, -0.1) is 0 Å². The summed E-state index contributed by atoms with van der Waals surface area (Å²) in [4.78, 5) is 12.5. The van der Waals surface area contributed by atoms with Gasteiger partial charge >= 0.3 is 0 Å². The lowest BCUT2D eigenvalue weighted by atomic mass is 10.1. The molecule has 0 aliphatic rings. The van der Waals surface area contributed by atoms with Crippen LogP contribution < -0.4 is 4.74 Å². The topological polar surface area (TPSA) is 47.9 Å². The highest BCUT2D eigenvalue weighted by Crippen LogP contribution is 2.27. The van der Waals surface area contributed by atoms with Crippen molar-refractivity contribution < 1.29 is 4.74 Å². The van der Waals surface area contributed by atoms with Gasteiger partial charge in [0, 0.05) is 17.3 Å². The molecule has 0 radical (unpaired) electrons. The van der Waals surface area contributed by atoms with Gasteiger partial charge in [-0.05, 0) is 18.9 Å². The summed E-state index contributed by atoms with van der Waals surface area (Å²) in [5.41, 5.74) is 2.64. The minimum atomic E-state index is 0.493. The van der Waals surface area contributed by atoms with Crippen molar-refractivity contribution in [2.75, 3.05) is 6.61 Å². The Morgan fingerprint density at radius 3 is 2.79 bits per heavy atom. The Hall–Kier alpha value is -1.68. The summed E-state index contributed by atoms with van der Waals surface area (Å²) in [6.07, 6.45) is 6.67. The van der Waals surface area contributed by atoms with E-state index in [1.165, 1.54) is 6.33 Å². The molecule has 0 aromatic carbocycles. The molecule has 0 amide bonds. The zero-order valence-corrected chi connectivity index (χ0v) is 11.8. The van der Waals surface area contributed by atoms with Gasteiger partial charge in [0.15, 0.2) is 0 Å². The maximum atomic E-state index is 6.10. The van der Waals surface area contributed by atoms with E-state index in [1.807, 2.05) is 13.0 Å². The number of nitrogens with zero attached hydrogens (tertiary/aromatic N) is 3. The summed E-state index contributed by atoms with van der Waals surface area (Å²) in [7, 11) is 0. The second-order valence-corrected chi connectivity index (χ2v) is 4.46. The Labute approximate surface area is 117 Å². The van der Waals surface area contributed by atoms with Crippen LogP contribution in [0.1, 0.15) is 25.8 Å². The fourth-order valence-corrected chi connectivity index (χ4v) is 2.07. The first kappa shape index (κ1) is 13.7. The predicted molar refractivity (Wildman–Crippen MR) is 75.4 cm³/mol. The molecule has 0 atom stereocenters. The molecular weight excluding hydrogens is 262 g/mol. The third kappa shape index (κ3) is 3.20. The summed E-state index contributed by atoms with van der Waals surface area (Å²) in [5, 5.41) is 0.493. The van der Waals surface area contributed by atoms with Crippen LogP contribution in [0.3, 0.4) is 0 Å². The molecule has 2 rings (SSSR count). The molecule has 0 bridgehead atoms. The Kier molecular flexibility index (Phi) is 4.68. The fourth-order valence-electron chi connectivity index (χ4n) is 1.80. The molecule has 0 aliphatic carbocycles. The van der Waals surface area contributed by atoms with E-state index in [4.69, 9.17) is 16.3 Å². The van der Waals surface area contributed by atoms with Crippen LogP contribution in [-0.2, 0) is 6.42 Å². The van der Waals surface area contributed by atoms with E-state index in [0.717, 1.165) is 35.4 Å². The second-order valence-electron chi connectivity index (χ2n) is 4.10. The Bertz CT molecular complexity index is 560. The zero-order chi connectivity index (χ0) is 13.7. The van der Waals surface area contributed by atoms with Crippen molar-refractivity contribution in [2.45, 2.75) is 26.7 Å². The summed E-state index contributed by atoms with van der Waals surface area (Å²) in [6, 6.07) is 1.93. The highest BCUT2D eigenvalue weighted by Gasteiger charge is 2.11. The Morgan fingerprint density at radius 2 is 2.05 bits per heavy atom. The van der Waals surface area contributed by atoms with Crippen LogP contribution >= 0.6 is 11.6 Å². The molecule has 2 aromatic rings.